The number of para-hydroxylation sites is 1. The summed E-state index contributed by atoms with van der Waals surface area (Å²) in [5.41, 5.74) is 1.12. The lowest BCUT2D eigenvalue weighted by atomic mass is 10.3. The SMILES string of the molecule is CN(CCCNC(=O)/C=C/C(=O)O)c1ccccc1. The number of hydrogen-bond acceptors (Lipinski definition) is 3. The summed E-state index contributed by atoms with van der Waals surface area (Å²) in [5, 5.41) is 11.0. The largest absolute Gasteiger partial charge is 0.478 e. The van der Waals surface area contributed by atoms with Crippen LogP contribution in [0.2, 0.25) is 0 Å². The average Bonchev–Trinajstić information content (AvgIpc) is 2.42. The zero-order chi connectivity index (χ0) is 14.1. The molecule has 0 fully saturated rings. The third kappa shape index (κ3) is 6.26. The Kier molecular flexibility index (Phi) is 6.15. The fraction of sp³-hybridized carbons (Fsp3) is 0.286. The summed E-state index contributed by atoms with van der Waals surface area (Å²) in [5.74, 6) is -1.51. The first-order chi connectivity index (χ1) is 9.09. The molecule has 0 saturated heterocycles. The van der Waals surface area contributed by atoms with E-state index in [1.54, 1.807) is 0 Å². The van der Waals surface area contributed by atoms with Crippen molar-refractivity contribution in [1.82, 2.24) is 5.32 Å². The highest BCUT2D eigenvalue weighted by atomic mass is 16.4. The fourth-order valence-electron chi connectivity index (χ4n) is 1.55. The highest BCUT2D eigenvalue weighted by Crippen LogP contribution is 2.10. The normalized spacial score (nSPS) is 10.4. The molecule has 0 spiro atoms. The van der Waals surface area contributed by atoms with Crippen molar-refractivity contribution < 1.29 is 14.7 Å². The van der Waals surface area contributed by atoms with E-state index in [4.69, 9.17) is 5.11 Å². The van der Waals surface area contributed by atoms with Gasteiger partial charge in [0, 0.05) is 38.0 Å². The number of carbonyl (C=O) groups is 2. The highest BCUT2D eigenvalue weighted by Gasteiger charge is 2.00. The fourth-order valence-corrected chi connectivity index (χ4v) is 1.55. The van der Waals surface area contributed by atoms with Gasteiger partial charge in [0.15, 0.2) is 0 Å². The molecule has 0 aliphatic heterocycles. The first kappa shape index (κ1) is 14.8. The Labute approximate surface area is 112 Å². The molecule has 0 radical (unpaired) electrons. The lowest BCUT2D eigenvalue weighted by Gasteiger charge is -2.18. The summed E-state index contributed by atoms with van der Waals surface area (Å²) in [6, 6.07) is 9.96. The Hall–Kier alpha value is -2.30. The molecule has 0 atom stereocenters. The van der Waals surface area contributed by atoms with Gasteiger partial charge in [-0.15, -0.1) is 0 Å². The van der Waals surface area contributed by atoms with E-state index in [1.807, 2.05) is 37.4 Å². The van der Waals surface area contributed by atoms with Gasteiger partial charge >= 0.3 is 5.97 Å². The first-order valence-electron chi connectivity index (χ1n) is 6.04. The molecule has 19 heavy (non-hydrogen) atoms. The lowest BCUT2D eigenvalue weighted by Crippen LogP contribution is -2.27. The van der Waals surface area contributed by atoms with Crippen LogP contribution in [0, 0.1) is 0 Å². The standard InChI is InChI=1S/C14H18N2O3/c1-16(12-6-3-2-4-7-12)11-5-10-15-13(17)8-9-14(18)19/h2-4,6-9H,5,10-11H2,1H3,(H,15,17)(H,18,19)/b9-8+. The van der Waals surface area contributed by atoms with Gasteiger partial charge in [0.1, 0.15) is 0 Å². The van der Waals surface area contributed by atoms with Gasteiger partial charge in [-0.3, -0.25) is 4.79 Å². The van der Waals surface area contributed by atoms with Crippen molar-refractivity contribution in [2.24, 2.45) is 0 Å². The number of carboxylic acids is 1. The molecule has 0 saturated carbocycles. The topological polar surface area (TPSA) is 69.6 Å². The Balaban J connectivity index is 2.21. The quantitative estimate of drug-likeness (QED) is 0.573. The van der Waals surface area contributed by atoms with Gasteiger partial charge in [-0.25, -0.2) is 4.79 Å². The van der Waals surface area contributed by atoms with Gasteiger partial charge in [0.05, 0.1) is 0 Å². The predicted molar refractivity (Wildman–Crippen MR) is 74.1 cm³/mol. The van der Waals surface area contributed by atoms with Gasteiger partial charge in [-0.1, -0.05) is 18.2 Å². The molecular weight excluding hydrogens is 244 g/mol. The molecular formula is C14H18N2O3. The highest BCUT2D eigenvalue weighted by molar-refractivity contribution is 5.93. The van der Waals surface area contributed by atoms with Crippen LogP contribution >= 0.6 is 0 Å². The second-order valence-corrected chi connectivity index (χ2v) is 4.07. The summed E-state index contributed by atoms with van der Waals surface area (Å²) in [7, 11) is 1.99. The second-order valence-electron chi connectivity index (χ2n) is 4.07. The number of benzene rings is 1. The Morgan fingerprint density at radius 2 is 1.95 bits per heavy atom. The van der Waals surface area contributed by atoms with Crippen molar-refractivity contribution >= 4 is 17.6 Å². The Bertz CT molecular complexity index is 443. The third-order valence-corrected chi connectivity index (χ3v) is 2.54. The average molecular weight is 262 g/mol. The number of nitrogens with one attached hydrogen (secondary N) is 1. The predicted octanol–water partition coefficient (Wildman–Crippen LogP) is 1.27. The van der Waals surface area contributed by atoms with E-state index in [-0.39, 0.29) is 5.91 Å². The Morgan fingerprint density at radius 3 is 2.58 bits per heavy atom. The Morgan fingerprint density at radius 1 is 1.26 bits per heavy atom. The maximum Gasteiger partial charge on any atom is 0.328 e. The monoisotopic (exact) mass is 262 g/mol. The molecule has 0 aliphatic rings. The zero-order valence-corrected chi connectivity index (χ0v) is 10.9. The van der Waals surface area contributed by atoms with Crippen LogP contribution in [0.25, 0.3) is 0 Å². The van der Waals surface area contributed by atoms with E-state index in [0.717, 1.165) is 30.8 Å². The molecule has 0 heterocycles. The number of hydrogen-bond donors (Lipinski definition) is 2. The van der Waals surface area contributed by atoms with Crippen LogP contribution in [-0.4, -0.2) is 37.1 Å². The molecule has 5 nitrogen and oxygen atoms in total. The molecule has 1 rings (SSSR count). The van der Waals surface area contributed by atoms with Crippen LogP contribution in [0.1, 0.15) is 6.42 Å². The van der Waals surface area contributed by atoms with Crippen LogP contribution in [0.5, 0.6) is 0 Å². The summed E-state index contributed by atoms with van der Waals surface area (Å²) in [4.78, 5) is 23.5. The van der Waals surface area contributed by atoms with Crippen LogP contribution < -0.4 is 10.2 Å². The van der Waals surface area contributed by atoms with Crippen molar-refractivity contribution in [1.29, 1.82) is 0 Å². The van der Waals surface area contributed by atoms with Crippen molar-refractivity contribution in [2.75, 3.05) is 25.0 Å². The van der Waals surface area contributed by atoms with Crippen LogP contribution in [-0.2, 0) is 9.59 Å². The van der Waals surface area contributed by atoms with E-state index in [9.17, 15) is 9.59 Å². The number of carbonyl (C=O) groups excluding carboxylic acids is 1. The van der Waals surface area contributed by atoms with E-state index in [0.29, 0.717) is 6.54 Å². The number of aliphatic carboxylic acids is 1. The maximum atomic E-state index is 11.2. The first-order valence-corrected chi connectivity index (χ1v) is 6.04. The van der Waals surface area contributed by atoms with E-state index >= 15 is 0 Å². The lowest BCUT2D eigenvalue weighted by molar-refractivity contribution is -0.131. The van der Waals surface area contributed by atoms with Crippen molar-refractivity contribution in [3.05, 3.63) is 42.5 Å². The second kappa shape index (κ2) is 7.92. The minimum Gasteiger partial charge on any atom is -0.478 e. The van der Waals surface area contributed by atoms with Gasteiger partial charge < -0.3 is 15.3 Å². The molecule has 5 heteroatoms. The van der Waals surface area contributed by atoms with Crippen LogP contribution in [0.3, 0.4) is 0 Å². The molecule has 102 valence electrons. The molecule has 0 aromatic heterocycles. The molecule has 0 bridgehead atoms. The molecule has 0 aliphatic carbocycles. The van der Waals surface area contributed by atoms with Crippen molar-refractivity contribution in [3.8, 4) is 0 Å². The van der Waals surface area contributed by atoms with Crippen molar-refractivity contribution in [2.45, 2.75) is 6.42 Å². The molecule has 1 aromatic rings. The third-order valence-electron chi connectivity index (χ3n) is 2.54. The van der Waals surface area contributed by atoms with E-state index in [2.05, 4.69) is 10.2 Å². The van der Waals surface area contributed by atoms with Gasteiger partial charge in [-0.2, -0.15) is 0 Å². The summed E-state index contributed by atoms with van der Waals surface area (Å²) >= 11 is 0. The van der Waals surface area contributed by atoms with Crippen molar-refractivity contribution in [3.63, 3.8) is 0 Å². The smallest absolute Gasteiger partial charge is 0.328 e. The number of carboxylic acid groups (broad SMARTS) is 1. The summed E-state index contributed by atoms with van der Waals surface area (Å²) in [6.45, 7) is 1.33. The zero-order valence-electron chi connectivity index (χ0n) is 10.9. The summed E-state index contributed by atoms with van der Waals surface area (Å²) < 4.78 is 0. The number of anilines is 1. The van der Waals surface area contributed by atoms with Gasteiger partial charge in [0.2, 0.25) is 5.91 Å². The minimum absolute atomic E-state index is 0.384. The minimum atomic E-state index is -1.13. The number of amides is 1. The van der Waals surface area contributed by atoms with Crippen LogP contribution in [0.15, 0.2) is 42.5 Å². The van der Waals surface area contributed by atoms with Gasteiger partial charge in [0.25, 0.3) is 0 Å². The molecule has 2 N–H and O–H groups in total. The molecule has 0 unspecified atom stereocenters. The molecule has 1 aromatic carbocycles. The number of nitrogens with zero attached hydrogens (tertiary/aromatic N) is 1. The van der Waals surface area contributed by atoms with Crippen LogP contribution in [0.4, 0.5) is 5.69 Å². The molecule has 1 amide bonds. The summed E-state index contributed by atoms with van der Waals surface area (Å²) in [6.07, 6.45) is 2.63. The number of rotatable bonds is 7. The maximum absolute atomic E-state index is 11.2. The van der Waals surface area contributed by atoms with Gasteiger partial charge in [-0.05, 0) is 18.6 Å². The van der Waals surface area contributed by atoms with E-state index in [1.165, 1.54) is 0 Å². The van der Waals surface area contributed by atoms with E-state index < -0.39 is 5.97 Å².